The molecule has 0 aromatic carbocycles. The number of carbonyl (C=O) groups is 1. The van der Waals surface area contributed by atoms with Crippen LogP contribution in [0.15, 0.2) is 20.0 Å². The number of amides is 2. The zero-order valence-corrected chi connectivity index (χ0v) is 18.7. The maximum absolute atomic E-state index is 12.6. The molecule has 2 amide bonds. The lowest BCUT2D eigenvalue weighted by Crippen LogP contribution is -2.14. The summed E-state index contributed by atoms with van der Waals surface area (Å²) < 4.78 is 16.9. The molecular weight excluding hydrogens is 406 g/mol. The van der Waals surface area contributed by atoms with Gasteiger partial charge < -0.3 is 19.0 Å². The molecule has 2 heterocycles. The normalized spacial score (nSPS) is 21.8. The van der Waals surface area contributed by atoms with Crippen LogP contribution in [0.5, 0.6) is 0 Å². The number of anilines is 1. The number of hydrogen-bond acceptors (Lipinski definition) is 6. The topological polar surface area (TPSA) is 91.7 Å². The number of thiophene rings is 1. The van der Waals surface area contributed by atoms with Crippen LogP contribution in [-0.2, 0) is 33.2 Å². The Morgan fingerprint density at radius 1 is 1.24 bits per heavy atom. The van der Waals surface area contributed by atoms with Gasteiger partial charge in [0.05, 0.1) is 11.3 Å². The highest BCUT2D eigenvalue weighted by Gasteiger charge is 2.32. The smallest absolute Gasteiger partial charge is 0.322 e. The van der Waals surface area contributed by atoms with Crippen LogP contribution in [0, 0.1) is 0 Å². The first-order valence-electron chi connectivity index (χ1n) is 9.96. The Balaban J connectivity index is 1.63. The van der Waals surface area contributed by atoms with Crippen LogP contribution in [0.1, 0.15) is 80.5 Å². The van der Waals surface area contributed by atoms with Crippen LogP contribution in [-0.4, -0.2) is 16.1 Å². The number of aromatic nitrogens is 1. The molecule has 0 saturated heterocycles. The Bertz CT molecular complexity index is 1030. The van der Waals surface area contributed by atoms with Gasteiger partial charge in [-0.15, -0.1) is 10.6 Å². The zero-order valence-electron chi connectivity index (χ0n) is 17.1. The molecule has 6 nitrogen and oxygen atoms in total. The third-order valence-electron chi connectivity index (χ3n) is 5.90. The van der Waals surface area contributed by atoms with Gasteiger partial charge in [0.2, 0.25) is 0 Å². The van der Waals surface area contributed by atoms with Crippen LogP contribution < -0.4 is 5.32 Å². The molecule has 0 saturated carbocycles. The van der Waals surface area contributed by atoms with Crippen molar-refractivity contribution >= 4 is 33.7 Å². The second kappa shape index (κ2) is 7.49. The Morgan fingerprint density at radius 2 is 1.83 bits per heavy atom. The highest BCUT2D eigenvalue weighted by atomic mass is 32.2. The zero-order chi connectivity index (χ0) is 20.9. The summed E-state index contributed by atoms with van der Waals surface area (Å²) in [7, 11) is -1.81. The summed E-state index contributed by atoms with van der Waals surface area (Å²) in [5, 5.41) is 14.8. The summed E-state index contributed by atoms with van der Waals surface area (Å²) >= 11 is 1.23. The number of nitrogens with one attached hydrogen (secondary N) is 1. The molecule has 0 radical (unpaired) electrons. The SMILES string of the molecule is CC1CCc2c1nc1c(c2NC(=O)N=[S-](=O)c2cc(C(C)(C)O)cs2)CCC1C. The maximum Gasteiger partial charge on any atom is 0.322 e. The fraction of sp³-hybridized carbons (Fsp3) is 0.524. The van der Waals surface area contributed by atoms with Crippen molar-refractivity contribution in [2.45, 2.75) is 75.0 Å². The van der Waals surface area contributed by atoms with Crippen LogP contribution >= 0.6 is 11.3 Å². The molecular formula is C21H26N3O3S2-. The number of nitrogens with zero attached hydrogens (tertiary/aromatic N) is 2. The van der Waals surface area contributed by atoms with E-state index in [2.05, 4.69) is 23.5 Å². The van der Waals surface area contributed by atoms with Crippen LogP contribution in [0.3, 0.4) is 0 Å². The van der Waals surface area contributed by atoms with Gasteiger partial charge in [0.15, 0.2) is 0 Å². The minimum Gasteiger partial charge on any atom is -0.439 e. The first-order chi connectivity index (χ1) is 13.6. The monoisotopic (exact) mass is 432 g/mol. The summed E-state index contributed by atoms with van der Waals surface area (Å²) in [4.78, 5) is 17.6. The van der Waals surface area contributed by atoms with E-state index in [-0.39, 0.29) is 0 Å². The summed E-state index contributed by atoms with van der Waals surface area (Å²) in [6.07, 6.45) is 3.84. The van der Waals surface area contributed by atoms with E-state index in [1.54, 1.807) is 25.3 Å². The van der Waals surface area contributed by atoms with Crippen molar-refractivity contribution in [2.24, 2.45) is 4.36 Å². The van der Waals surface area contributed by atoms with Gasteiger partial charge in [0.25, 0.3) is 0 Å². The molecule has 29 heavy (non-hydrogen) atoms. The van der Waals surface area contributed by atoms with Gasteiger partial charge in [-0.2, -0.15) is 11.3 Å². The Kier molecular flexibility index (Phi) is 5.29. The highest BCUT2D eigenvalue weighted by Crippen LogP contribution is 2.44. The molecule has 2 aromatic heterocycles. The summed E-state index contributed by atoms with van der Waals surface area (Å²) in [6.45, 7) is 7.68. The molecule has 156 valence electrons. The lowest BCUT2D eigenvalue weighted by molar-refractivity contribution is 0.0789. The molecule has 0 fully saturated rings. The molecule has 2 aromatic rings. The average molecular weight is 433 g/mol. The van der Waals surface area contributed by atoms with E-state index in [4.69, 9.17) is 4.98 Å². The van der Waals surface area contributed by atoms with E-state index in [0.29, 0.717) is 21.6 Å². The van der Waals surface area contributed by atoms with Gasteiger partial charge in [0, 0.05) is 11.4 Å². The van der Waals surface area contributed by atoms with E-state index < -0.39 is 22.2 Å². The molecule has 2 N–H and O–H groups in total. The quantitative estimate of drug-likeness (QED) is 0.652. The molecule has 4 rings (SSSR count). The fourth-order valence-electron chi connectivity index (χ4n) is 4.15. The number of hydrogen-bond donors (Lipinski definition) is 2. The predicted octanol–water partition coefficient (Wildman–Crippen LogP) is 5.21. The minimum atomic E-state index is -1.81. The second-order valence-electron chi connectivity index (χ2n) is 8.58. The van der Waals surface area contributed by atoms with Crippen molar-refractivity contribution in [3.05, 3.63) is 39.5 Å². The molecule has 2 aliphatic carbocycles. The predicted molar refractivity (Wildman–Crippen MR) is 115 cm³/mol. The number of rotatable bonds is 3. The molecule has 8 heteroatoms. The average Bonchev–Trinajstić information content (AvgIpc) is 3.35. The maximum atomic E-state index is 12.6. The van der Waals surface area contributed by atoms with Crippen molar-refractivity contribution in [1.82, 2.24) is 4.98 Å². The highest BCUT2D eigenvalue weighted by molar-refractivity contribution is 7.78. The summed E-state index contributed by atoms with van der Waals surface area (Å²) in [5.74, 6) is 0.771. The number of fused-ring (bicyclic) bond motifs is 2. The van der Waals surface area contributed by atoms with Gasteiger partial charge in [-0.1, -0.05) is 19.9 Å². The Morgan fingerprint density at radius 3 is 2.34 bits per heavy atom. The summed E-state index contributed by atoms with van der Waals surface area (Å²) in [6, 6.07) is 1.04. The third kappa shape index (κ3) is 3.85. The van der Waals surface area contributed by atoms with Gasteiger partial charge in [0.1, 0.15) is 0 Å². The van der Waals surface area contributed by atoms with Crippen molar-refractivity contribution in [3.63, 3.8) is 0 Å². The van der Waals surface area contributed by atoms with Crippen molar-refractivity contribution in [2.75, 3.05) is 5.32 Å². The number of carbonyl (C=O) groups excluding carboxylic acids is 1. The van der Waals surface area contributed by atoms with Crippen molar-refractivity contribution in [3.8, 4) is 0 Å². The van der Waals surface area contributed by atoms with Gasteiger partial charge in [-0.25, -0.2) is 4.79 Å². The first-order valence-corrected chi connectivity index (χ1v) is 11.9. The molecule has 2 atom stereocenters. The fourth-order valence-corrected chi connectivity index (χ4v) is 6.04. The summed E-state index contributed by atoms with van der Waals surface area (Å²) in [5.41, 5.74) is 4.87. The van der Waals surface area contributed by atoms with Gasteiger partial charge in [-0.05, 0) is 77.6 Å². The van der Waals surface area contributed by atoms with E-state index >= 15 is 0 Å². The molecule has 0 spiro atoms. The Hall–Kier alpha value is -1.77. The van der Waals surface area contributed by atoms with Crippen molar-refractivity contribution < 1.29 is 14.1 Å². The minimum absolute atomic E-state index is 0.385. The van der Waals surface area contributed by atoms with Crippen LogP contribution in [0.25, 0.3) is 0 Å². The molecule has 0 bridgehead atoms. The number of aliphatic hydroxyl groups is 1. The Labute approximate surface area is 177 Å². The molecule has 2 aliphatic rings. The lowest BCUT2D eigenvalue weighted by Gasteiger charge is -2.17. The molecule has 2 unspecified atom stereocenters. The van der Waals surface area contributed by atoms with Gasteiger partial charge in [-0.3, -0.25) is 4.98 Å². The van der Waals surface area contributed by atoms with Crippen molar-refractivity contribution in [1.29, 1.82) is 0 Å². The van der Waals surface area contributed by atoms with E-state index in [1.165, 1.54) is 11.3 Å². The number of urea groups is 1. The van der Waals surface area contributed by atoms with Gasteiger partial charge >= 0.3 is 6.03 Å². The second-order valence-corrected chi connectivity index (χ2v) is 10.9. The van der Waals surface area contributed by atoms with E-state index in [0.717, 1.165) is 53.9 Å². The van der Waals surface area contributed by atoms with Crippen LogP contribution in [0.4, 0.5) is 10.5 Å². The molecule has 0 aliphatic heterocycles. The van der Waals surface area contributed by atoms with E-state index in [9.17, 15) is 14.1 Å². The largest absolute Gasteiger partial charge is 0.439 e. The number of pyridine rings is 1. The van der Waals surface area contributed by atoms with Crippen LogP contribution in [0.2, 0.25) is 0 Å². The first kappa shape index (κ1) is 20.5. The van der Waals surface area contributed by atoms with E-state index in [1.807, 2.05) is 0 Å². The third-order valence-corrected chi connectivity index (χ3v) is 8.13. The standard InChI is InChI=1S/C21H26N3O3S2/c1-11-5-7-14-17(11)22-18-12(2)6-8-15(18)19(14)23-20(25)24-29(27)16-9-13(10-28-16)21(3,4)26/h9-12,26H,5-8H2,1-4H3,(H,22,23,25)/q-1. The lowest BCUT2D eigenvalue weighted by atomic mass is 10.0.